The second-order valence-electron chi connectivity index (χ2n) is 5.75. The van der Waals surface area contributed by atoms with Crippen molar-refractivity contribution in [1.29, 1.82) is 0 Å². The van der Waals surface area contributed by atoms with Crippen molar-refractivity contribution in [3.63, 3.8) is 0 Å². The van der Waals surface area contributed by atoms with E-state index in [-0.39, 0.29) is 24.7 Å². The van der Waals surface area contributed by atoms with Crippen LogP contribution in [0, 0.1) is 0 Å². The van der Waals surface area contributed by atoms with Crippen molar-refractivity contribution in [3.8, 4) is 0 Å². The summed E-state index contributed by atoms with van der Waals surface area (Å²) in [6, 6.07) is 7.11. The van der Waals surface area contributed by atoms with Gasteiger partial charge in [0, 0.05) is 25.1 Å². The molecule has 0 radical (unpaired) electrons. The van der Waals surface area contributed by atoms with Crippen LogP contribution in [-0.4, -0.2) is 35.2 Å². The first kappa shape index (κ1) is 17.0. The van der Waals surface area contributed by atoms with Crippen molar-refractivity contribution in [2.45, 2.75) is 45.1 Å². The molecular weight excluding hydrogens is 294 g/mol. The van der Waals surface area contributed by atoms with Gasteiger partial charge in [-0.05, 0) is 37.0 Å². The average molecular weight is 317 g/mol. The summed E-state index contributed by atoms with van der Waals surface area (Å²) >= 11 is 0. The maximum absolute atomic E-state index is 12.2. The Balaban J connectivity index is 1.84. The molecule has 23 heavy (non-hydrogen) atoms. The van der Waals surface area contributed by atoms with Crippen molar-refractivity contribution < 1.29 is 14.4 Å². The second-order valence-corrected chi connectivity index (χ2v) is 5.75. The number of aryl methyl sites for hydroxylation is 1. The van der Waals surface area contributed by atoms with Crippen molar-refractivity contribution in [3.05, 3.63) is 29.8 Å². The molecule has 6 nitrogen and oxygen atoms in total. The first-order valence-electron chi connectivity index (χ1n) is 7.99. The predicted octanol–water partition coefficient (Wildman–Crippen LogP) is 1.44. The number of rotatable bonds is 6. The van der Waals surface area contributed by atoms with Gasteiger partial charge in [0.25, 0.3) is 0 Å². The summed E-state index contributed by atoms with van der Waals surface area (Å²) in [5.41, 5.74) is 7.17. The Morgan fingerprint density at radius 3 is 2.78 bits per heavy atom. The van der Waals surface area contributed by atoms with E-state index < -0.39 is 11.9 Å². The highest BCUT2D eigenvalue weighted by Gasteiger charge is 2.32. The number of nitrogens with two attached hydrogens (primary N) is 1. The van der Waals surface area contributed by atoms with Gasteiger partial charge in [-0.25, -0.2) is 0 Å². The molecule has 1 atom stereocenters. The lowest BCUT2D eigenvalue weighted by molar-refractivity contribution is -0.138. The molecule has 1 aliphatic heterocycles. The van der Waals surface area contributed by atoms with Gasteiger partial charge in [0.15, 0.2) is 0 Å². The fraction of sp³-hybridized carbons (Fsp3) is 0.471. The highest BCUT2D eigenvalue weighted by Crippen LogP contribution is 2.18. The number of carbonyl (C=O) groups excluding carboxylic acids is 3. The van der Waals surface area contributed by atoms with E-state index in [9.17, 15) is 14.4 Å². The molecule has 3 amide bonds. The zero-order valence-corrected chi connectivity index (χ0v) is 13.4. The van der Waals surface area contributed by atoms with E-state index in [1.54, 1.807) is 0 Å². The fourth-order valence-corrected chi connectivity index (χ4v) is 2.82. The molecule has 0 aromatic heterocycles. The number of amides is 3. The van der Waals surface area contributed by atoms with Gasteiger partial charge in [-0.3, -0.25) is 14.4 Å². The minimum absolute atomic E-state index is 0.0864. The first-order valence-corrected chi connectivity index (χ1v) is 7.99. The first-order chi connectivity index (χ1) is 11.0. The lowest BCUT2D eigenvalue weighted by Gasteiger charge is -2.22. The number of anilines is 1. The summed E-state index contributed by atoms with van der Waals surface area (Å²) in [7, 11) is 0. The molecule has 1 aromatic carbocycles. The van der Waals surface area contributed by atoms with Crippen LogP contribution in [0.4, 0.5) is 5.69 Å². The summed E-state index contributed by atoms with van der Waals surface area (Å²) in [5, 5.41) is 2.80. The van der Waals surface area contributed by atoms with Gasteiger partial charge in [0.1, 0.15) is 6.04 Å². The summed E-state index contributed by atoms with van der Waals surface area (Å²) in [5.74, 6) is -0.873. The minimum atomic E-state index is -0.521. The van der Waals surface area contributed by atoms with E-state index in [1.807, 2.05) is 31.2 Å². The highest BCUT2D eigenvalue weighted by atomic mass is 16.2. The van der Waals surface area contributed by atoms with E-state index in [2.05, 4.69) is 5.32 Å². The van der Waals surface area contributed by atoms with E-state index in [1.165, 1.54) is 4.90 Å². The van der Waals surface area contributed by atoms with Gasteiger partial charge >= 0.3 is 0 Å². The second kappa shape index (κ2) is 7.76. The predicted molar refractivity (Wildman–Crippen MR) is 87.6 cm³/mol. The number of benzene rings is 1. The van der Waals surface area contributed by atoms with E-state index in [0.717, 1.165) is 24.1 Å². The third kappa shape index (κ3) is 4.55. The van der Waals surface area contributed by atoms with Crippen molar-refractivity contribution in [1.82, 2.24) is 4.90 Å². The van der Waals surface area contributed by atoms with Crippen LogP contribution in [0.5, 0.6) is 0 Å². The molecule has 0 saturated carbocycles. The van der Waals surface area contributed by atoms with Crippen LogP contribution in [-0.2, 0) is 20.8 Å². The third-order valence-electron chi connectivity index (χ3n) is 4.09. The maximum Gasteiger partial charge on any atom is 0.240 e. The van der Waals surface area contributed by atoms with Gasteiger partial charge in [0.05, 0.1) is 0 Å². The van der Waals surface area contributed by atoms with Crippen LogP contribution in [0.2, 0.25) is 0 Å². The quantitative estimate of drug-likeness (QED) is 0.831. The molecule has 0 bridgehead atoms. The lowest BCUT2D eigenvalue weighted by Crippen LogP contribution is -2.43. The molecule has 1 saturated heterocycles. The standard InChI is InChI=1S/C17H23N3O3/c1-2-12-5-3-6-13(11-12)19-15(21)8-9-16(22)20-10-4-7-14(20)17(18)23/h3,5-6,11,14H,2,4,7-10H2,1H3,(H2,18,23)(H,19,21)/t14-/m0/s1. The molecule has 0 aliphatic carbocycles. The summed E-state index contributed by atoms with van der Waals surface area (Å²) in [6.45, 7) is 2.58. The monoisotopic (exact) mass is 317 g/mol. The number of hydrogen-bond acceptors (Lipinski definition) is 3. The van der Waals surface area contributed by atoms with Crippen molar-refractivity contribution in [2.24, 2.45) is 5.73 Å². The Bertz CT molecular complexity index is 601. The Morgan fingerprint density at radius 2 is 2.09 bits per heavy atom. The van der Waals surface area contributed by atoms with Crippen LogP contribution in [0.25, 0.3) is 0 Å². The van der Waals surface area contributed by atoms with Crippen LogP contribution in [0.15, 0.2) is 24.3 Å². The zero-order chi connectivity index (χ0) is 16.8. The largest absolute Gasteiger partial charge is 0.368 e. The maximum atomic E-state index is 12.2. The Hall–Kier alpha value is -2.37. The molecular formula is C17H23N3O3. The Kier molecular flexibility index (Phi) is 5.73. The molecule has 6 heteroatoms. The van der Waals surface area contributed by atoms with Crippen molar-refractivity contribution >= 4 is 23.4 Å². The topological polar surface area (TPSA) is 92.5 Å². The molecule has 0 unspecified atom stereocenters. The molecule has 1 aromatic rings. The van der Waals surface area contributed by atoms with Gasteiger partial charge in [0.2, 0.25) is 17.7 Å². The summed E-state index contributed by atoms with van der Waals surface area (Å²) in [4.78, 5) is 36.9. The van der Waals surface area contributed by atoms with Gasteiger partial charge < -0.3 is 16.0 Å². The number of likely N-dealkylation sites (tertiary alicyclic amines) is 1. The number of nitrogens with zero attached hydrogens (tertiary/aromatic N) is 1. The van der Waals surface area contributed by atoms with Gasteiger partial charge in [-0.15, -0.1) is 0 Å². The minimum Gasteiger partial charge on any atom is -0.368 e. The molecule has 1 aliphatic rings. The van der Waals surface area contributed by atoms with Crippen LogP contribution < -0.4 is 11.1 Å². The molecule has 1 heterocycles. The normalized spacial score (nSPS) is 17.1. The number of carbonyl (C=O) groups is 3. The number of hydrogen-bond donors (Lipinski definition) is 2. The number of primary amides is 1. The van der Waals surface area contributed by atoms with Crippen molar-refractivity contribution in [2.75, 3.05) is 11.9 Å². The summed E-state index contributed by atoms with van der Waals surface area (Å²) in [6.07, 6.45) is 2.46. The summed E-state index contributed by atoms with van der Waals surface area (Å²) < 4.78 is 0. The van der Waals surface area contributed by atoms with Crippen LogP contribution in [0.1, 0.15) is 38.2 Å². The number of nitrogens with one attached hydrogen (secondary N) is 1. The Morgan fingerprint density at radius 1 is 1.30 bits per heavy atom. The fourth-order valence-electron chi connectivity index (χ4n) is 2.82. The Labute approximate surface area is 136 Å². The molecule has 124 valence electrons. The van der Waals surface area contributed by atoms with E-state index in [0.29, 0.717) is 13.0 Å². The van der Waals surface area contributed by atoms with Crippen LogP contribution in [0.3, 0.4) is 0 Å². The smallest absolute Gasteiger partial charge is 0.240 e. The highest BCUT2D eigenvalue weighted by molar-refractivity contribution is 5.94. The van der Waals surface area contributed by atoms with E-state index >= 15 is 0 Å². The SMILES string of the molecule is CCc1cccc(NC(=O)CCC(=O)N2CCC[C@H]2C(N)=O)c1. The average Bonchev–Trinajstić information content (AvgIpc) is 3.02. The molecule has 2 rings (SSSR count). The lowest BCUT2D eigenvalue weighted by atomic mass is 10.1. The van der Waals surface area contributed by atoms with Gasteiger partial charge in [-0.1, -0.05) is 19.1 Å². The van der Waals surface area contributed by atoms with E-state index in [4.69, 9.17) is 5.73 Å². The molecule has 1 fully saturated rings. The zero-order valence-electron chi connectivity index (χ0n) is 13.4. The third-order valence-corrected chi connectivity index (χ3v) is 4.09. The molecule has 3 N–H and O–H groups in total. The molecule has 0 spiro atoms. The van der Waals surface area contributed by atoms with Gasteiger partial charge in [-0.2, -0.15) is 0 Å². The van der Waals surface area contributed by atoms with Crippen LogP contribution >= 0.6 is 0 Å².